The number of rotatable bonds is 19. The molecule has 0 radical (unpaired) electrons. The van der Waals surface area contributed by atoms with Gasteiger partial charge in [-0.15, -0.1) is 0 Å². The van der Waals surface area contributed by atoms with Crippen LogP contribution in [0.1, 0.15) is 74.2 Å². The molecule has 0 unspecified atom stereocenters. The number of ether oxygens (including phenoxy) is 5. The van der Waals surface area contributed by atoms with Crippen molar-refractivity contribution in [2.24, 2.45) is 0 Å². The van der Waals surface area contributed by atoms with Crippen LogP contribution in [-0.2, 0) is 9.53 Å². The van der Waals surface area contributed by atoms with Gasteiger partial charge in [0.1, 0.15) is 11.5 Å². The molecule has 236 valence electrons. The fourth-order valence-corrected chi connectivity index (χ4v) is 4.32. The molecule has 0 atom stereocenters. The molecule has 44 heavy (non-hydrogen) atoms. The first-order chi connectivity index (χ1) is 21.4. The van der Waals surface area contributed by atoms with Crippen LogP contribution in [-0.4, -0.2) is 38.9 Å². The minimum absolute atomic E-state index is 0.360. The molecule has 3 aromatic carbocycles. The summed E-state index contributed by atoms with van der Waals surface area (Å²) in [7, 11) is 1.56. The van der Waals surface area contributed by atoms with E-state index < -0.39 is 11.9 Å². The van der Waals surface area contributed by atoms with E-state index in [4.69, 9.17) is 35.2 Å². The van der Waals surface area contributed by atoms with Crippen molar-refractivity contribution in [2.75, 3.05) is 38.4 Å². The van der Waals surface area contributed by atoms with Gasteiger partial charge in [-0.2, -0.15) is 0 Å². The third kappa shape index (κ3) is 12.3. The Labute approximate surface area is 260 Å². The number of anilines is 2. The maximum absolute atomic E-state index is 12.3. The minimum atomic E-state index is -0.492. The van der Waals surface area contributed by atoms with Gasteiger partial charge < -0.3 is 35.2 Å². The van der Waals surface area contributed by atoms with E-state index in [1.165, 1.54) is 6.08 Å². The second-order valence-electron chi connectivity index (χ2n) is 10.3. The number of benzene rings is 3. The van der Waals surface area contributed by atoms with Crippen molar-refractivity contribution in [1.29, 1.82) is 0 Å². The summed E-state index contributed by atoms with van der Waals surface area (Å²) in [5.74, 6) is 1.39. The molecule has 0 fully saturated rings. The lowest BCUT2D eigenvalue weighted by Gasteiger charge is -2.11. The number of hydrogen-bond donors (Lipinski definition) is 2. The highest BCUT2D eigenvalue weighted by molar-refractivity contribution is 5.91. The van der Waals surface area contributed by atoms with Crippen LogP contribution < -0.4 is 30.4 Å². The number of nitrogen functional groups attached to an aromatic ring is 2. The van der Waals surface area contributed by atoms with E-state index in [2.05, 4.69) is 6.92 Å². The Morgan fingerprint density at radius 1 is 0.705 bits per heavy atom. The van der Waals surface area contributed by atoms with Gasteiger partial charge in [0.15, 0.2) is 11.5 Å². The van der Waals surface area contributed by atoms with Crippen LogP contribution in [0.25, 0.3) is 6.08 Å². The molecule has 3 aromatic rings. The Morgan fingerprint density at radius 2 is 1.34 bits per heavy atom. The Balaban J connectivity index is 1.28. The topological polar surface area (TPSA) is 132 Å². The van der Waals surface area contributed by atoms with E-state index in [0.717, 1.165) is 62.7 Å². The molecule has 9 heteroatoms. The van der Waals surface area contributed by atoms with Crippen molar-refractivity contribution in [2.45, 2.75) is 58.3 Å². The summed E-state index contributed by atoms with van der Waals surface area (Å²) in [5, 5.41) is 0. The summed E-state index contributed by atoms with van der Waals surface area (Å²) in [4.78, 5) is 24.4. The average molecular weight is 605 g/mol. The summed E-state index contributed by atoms with van der Waals surface area (Å²) in [6.45, 7) is 3.73. The molecule has 0 aliphatic heterocycles. The van der Waals surface area contributed by atoms with Gasteiger partial charge in [0, 0.05) is 23.5 Å². The Morgan fingerprint density at radius 3 is 2.05 bits per heavy atom. The molecule has 0 aliphatic rings. The highest BCUT2D eigenvalue weighted by atomic mass is 16.5. The van der Waals surface area contributed by atoms with Gasteiger partial charge in [0.2, 0.25) is 0 Å². The predicted molar refractivity (Wildman–Crippen MR) is 173 cm³/mol. The molecule has 0 saturated heterocycles. The molecule has 0 heterocycles. The van der Waals surface area contributed by atoms with Crippen molar-refractivity contribution in [3.05, 3.63) is 77.9 Å². The number of esters is 2. The third-order valence-electron chi connectivity index (χ3n) is 6.65. The second-order valence-corrected chi connectivity index (χ2v) is 10.3. The molecule has 0 saturated carbocycles. The van der Waals surface area contributed by atoms with Crippen LogP contribution in [0.5, 0.6) is 23.0 Å². The summed E-state index contributed by atoms with van der Waals surface area (Å²) in [5.41, 5.74) is 13.5. The Kier molecular flexibility index (Phi) is 14.4. The zero-order valence-electron chi connectivity index (χ0n) is 25.7. The van der Waals surface area contributed by atoms with Crippen molar-refractivity contribution < 1.29 is 33.3 Å². The van der Waals surface area contributed by atoms with Gasteiger partial charge in [-0.05, 0) is 73.4 Å². The lowest BCUT2D eigenvalue weighted by molar-refractivity contribution is -0.128. The zero-order valence-corrected chi connectivity index (χ0v) is 25.7. The molecular formula is C35H44N2O7. The van der Waals surface area contributed by atoms with Crippen molar-refractivity contribution in [3.63, 3.8) is 0 Å². The number of nitrogens with two attached hydrogens (primary N) is 2. The number of unbranched alkanes of at least 4 members (excludes halogenated alkanes) is 6. The average Bonchev–Trinajstić information content (AvgIpc) is 3.01. The highest BCUT2D eigenvalue weighted by Crippen LogP contribution is 2.31. The van der Waals surface area contributed by atoms with Gasteiger partial charge >= 0.3 is 11.9 Å². The van der Waals surface area contributed by atoms with Gasteiger partial charge in [-0.3, -0.25) is 0 Å². The van der Waals surface area contributed by atoms with E-state index in [9.17, 15) is 9.59 Å². The van der Waals surface area contributed by atoms with Gasteiger partial charge in [0.25, 0.3) is 0 Å². The SMILES string of the molecule is CCCCCOc1ccc(OC(=O)/C=C/c2ccc(OCCCCCCCOC(=O)c3cc(N)cc(N)c3)cc2)cc1OC. The Hall–Kier alpha value is -4.66. The molecule has 3 rings (SSSR count). The molecule has 4 N–H and O–H groups in total. The molecule has 0 aliphatic carbocycles. The number of methoxy groups -OCH3 is 1. The third-order valence-corrected chi connectivity index (χ3v) is 6.65. The van der Waals surface area contributed by atoms with Crippen LogP contribution in [0.4, 0.5) is 11.4 Å². The molecule has 0 amide bonds. The number of carbonyl (C=O) groups excluding carboxylic acids is 2. The summed E-state index contributed by atoms with van der Waals surface area (Å²) < 4.78 is 27.7. The van der Waals surface area contributed by atoms with E-state index in [-0.39, 0.29) is 0 Å². The predicted octanol–water partition coefficient (Wildman–Crippen LogP) is 7.23. The standard InChI is InChI=1S/C35H44N2O7/c1-3-4-8-20-42-32-17-16-31(25-33(32)40-2)44-34(38)18-13-26-11-14-30(15-12-26)41-19-9-6-5-7-10-21-43-35(39)27-22-28(36)24-29(37)23-27/h11-18,22-25H,3-10,19-21,36-37H2,1-2H3/b18-13+. The van der Waals surface area contributed by atoms with Crippen molar-refractivity contribution in [3.8, 4) is 23.0 Å². The second kappa shape index (κ2) is 18.8. The normalized spacial score (nSPS) is 10.9. The first-order valence-corrected chi connectivity index (χ1v) is 15.1. The van der Waals surface area contributed by atoms with E-state index in [0.29, 0.717) is 54.0 Å². The highest BCUT2D eigenvalue weighted by Gasteiger charge is 2.10. The van der Waals surface area contributed by atoms with Gasteiger partial charge in [-0.1, -0.05) is 51.2 Å². The molecular weight excluding hydrogens is 560 g/mol. The fraction of sp³-hybridized carbons (Fsp3) is 0.371. The molecule has 0 bridgehead atoms. The molecule has 0 aromatic heterocycles. The van der Waals surface area contributed by atoms with Crippen LogP contribution in [0.3, 0.4) is 0 Å². The van der Waals surface area contributed by atoms with Crippen LogP contribution >= 0.6 is 0 Å². The van der Waals surface area contributed by atoms with E-state index in [1.54, 1.807) is 49.6 Å². The van der Waals surface area contributed by atoms with Gasteiger partial charge in [0.05, 0.1) is 32.5 Å². The smallest absolute Gasteiger partial charge is 0.338 e. The van der Waals surface area contributed by atoms with Crippen LogP contribution in [0.2, 0.25) is 0 Å². The zero-order chi connectivity index (χ0) is 31.6. The fourth-order valence-electron chi connectivity index (χ4n) is 4.32. The quantitative estimate of drug-likeness (QED) is 0.0478. The minimum Gasteiger partial charge on any atom is -0.494 e. The summed E-state index contributed by atoms with van der Waals surface area (Å²) >= 11 is 0. The molecule has 0 spiro atoms. The summed E-state index contributed by atoms with van der Waals surface area (Å²) in [6, 6.07) is 17.3. The largest absolute Gasteiger partial charge is 0.494 e. The maximum Gasteiger partial charge on any atom is 0.338 e. The van der Waals surface area contributed by atoms with Crippen molar-refractivity contribution in [1.82, 2.24) is 0 Å². The number of carbonyl (C=O) groups is 2. The Bertz CT molecular complexity index is 1340. The monoisotopic (exact) mass is 604 g/mol. The van der Waals surface area contributed by atoms with Crippen LogP contribution in [0.15, 0.2) is 66.7 Å². The number of hydrogen-bond acceptors (Lipinski definition) is 9. The summed E-state index contributed by atoms with van der Waals surface area (Å²) in [6.07, 6.45) is 11.0. The lowest BCUT2D eigenvalue weighted by atomic mass is 10.1. The lowest BCUT2D eigenvalue weighted by Crippen LogP contribution is -2.08. The first kappa shape index (κ1) is 33.8. The van der Waals surface area contributed by atoms with E-state index >= 15 is 0 Å². The molecule has 9 nitrogen and oxygen atoms in total. The van der Waals surface area contributed by atoms with Gasteiger partial charge in [-0.25, -0.2) is 9.59 Å². The van der Waals surface area contributed by atoms with Crippen molar-refractivity contribution >= 4 is 29.4 Å². The van der Waals surface area contributed by atoms with Crippen LogP contribution in [0, 0.1) is 0 Å². The van der Waals surface area contributed by atoms with E-state index in [1.807, 2.05) is 24.3 Å². The first-order valence-electron chi connectivity index (χ1n) is 15.1. The maximum atomic E-state index is 12.3.